The Hall–Kier alpha value is -3.10. The van der Waals surface area contributed by atoms with Crippen LogP contribution in [0, 0.1) is 5.82 Å². The number of hydrogen-bond donors (Lipinski definition) is 3. The fraction of sp³-hybridized carbons (Fsp3) is 0.154. The standard InChI is InChI=1S/C13H13FN6O2/c14-8-1-2-9(18-7-8)12-17-5-3-10(19-12)16-6-4-11(21)20-13(15)22/h1-3,5,7H,4,6H2,(H,16,17,19)(H3,15,20,21,22). The molecular formula is C13H13FN6O2. The Balaban J connectivity index is 1.95. The first-order chi connectivity index (χ1) is 10.5. The number of rotatable bonds is 5. The summed E-state index contributed by atoms with van der Waals surface area (Å²) in [4.78, 5) is 33.9. The molecule has 0 bridgehead atoms. The topological polar surface area (TPSA) is 123 Å². The van der Waals surface area contributed by atoms with Gasteiger partial charge in [0.15, 0.2) is 5.82 Å². The van der Waals surface area contributed by atoms with Crippen molar-refractivity contribution in [1.82, 2.24) is 20.3 Å². The third-order valence-electron chi connectivity index (χ3n) is 2.53. The van der Waals surface area contributed by atoms with Crippen LogP contribution in [0.25, 0.3) is 11.5 Å². The fourth-order valence-corrected chi connectivity index (χ4v) is 1.59. The molecule has 0 unspecified atom stereocenters. The molecule has 0 saturated heterocycles. The molecule has 2 aromatic rings. The first-order valence-electron chi connectivity index (χ1n) is 6.33. The summed E-state index contributed by atoms with van der Waals surface area (Å²) in [6.45, 7) is 0.256. The Morgan fingerprint density at radius 3 is 2.73 bits per heavy atom. The SMILES string of the molecule is NC(=O)NC(=O)CCNc1ccnc(-c2ccc(F)cn2)n1. The Labute approximate surface area is 125 Å². The molecule has 0 aliphatic carbocycles. The average molecular weight is 304 g/mol. The molecule has 22 heavy (non-hydrogen) atoms. The van der Waals surface area contributed by atoms with Crippen molar-refractivity contribution in [3.8, 4) is 11.5 Å². The molecule has 0 aliphatic rings. The van der Waals surface area contributed by atoms with Crippen LogP contribution in [-0.4, -0.2) is 33.4 Å². The van der Waals surface area contributed by atoms with Gasteiger partial charge in [0.1, 0.15) is 17.3 Å². The van der Waals surface area contributed by atoms with Crippen LogP contribution in [0.5, 0.6) is 0 Å². The summed E-state index contributed by atoms with van der Waals surface area (Å²) in [5, 5.41) is 4.86. The second-order valence-electron chi connectivity index (χ2n) is 4.22. The van der Waals surface area contributed by atoms with Gasteiger partial charge in [-0.3, -0.25) is 10.1 Å². The summed E-state index contributed by atoms with van der Waals surface area (Å²) in [5.41, 5.74) is 5.25. The zero-order valence-electron chi connectivity index (χ0n) is 11.4. The number of carbonyl (C=O) groups is 2. The summed E-state index contributed by atoms with van der Waals surface area (Å²) < 4.78 is 12.8. The van der Waals surface area contributed by atoms with Crippen molar-refractivity contribution < 1.29 is 14.0 Å². The molecule has 3 amide bonds. The highest BCUT2D eigenvalue weighted by Crippen LogP contribution is 2.13. The zero-order valence-corrected chi connectivity index (χ0v) is 11.4. The van der Waals surface area contributed by atoms with Crippen molar-refractivity contribution in [1.29, 1.82) is 0 Å². The van der Waals surface area contributed by atoms with Crippen LogP contribution in [0.3, 0.4) is 0 Å². The summed E-state index contributed by atoms with van der Waals surface area (Å²) >= 11 is 0. The first-order valence-corrected chi connectivity index (χ1v) is 6.33. The van der Waals surface area contributed by atoms with Gasteiger partial charge in [-0.2, -0.15) is 0 Å². The molecule has 0 fully saturated rings. The van der Waals surface area contributed by atoms with E-state index in [1.54, 1.807) is 6.07 Å². The van der Waals surface area contributed by atoms with E-state index in [1.807, 2.05) is 5.32 Å². The van der Waals surface area contributed by atoms with Gasteiger partial charge in [-0.05, 0) is 18.2 Å². The number of anilines is 1. The van der Waals surface area contributed by atoms with Gasteiger partial charge < -0.3 is 11.1 Å². The number of nitrogens with two attached hydrogens (primary N) is 1. The molecule has 2 rings (SSSR count). The summed E-state index contributed by atoms with van der Waals surface area (Å²) in [6, 6.07) is 3.45. The van der Waals surface area contributed by atoms with Crippen molar-refractivity contribution in [2.24, 2.45) is 5.73 Å². The third-order valence-corrected chi connectivity index (χ3v) is 2.53. The Morgan fingerprint density at radius 1 is 1.23 bits per heavy atom. The Morgan fingerprint density at radius 2 is 2.05 bits per heavy atom. The number of imide groups is 1. The molecule has 114 valence electrons. The molecule has 0 radical (unpaired) electrons. The summed E-state index contributed by atoms with van der Waals surface area (Å²) in [7, 11) is 0. The van der Waals surface area contributed by atoms with E-state index in [0.29, 0.717) is 17.3 Å². The van der Waals surface area contributed by atoms with Gasteiger partial charge in [0.05, 0.1) is 6.20 Å². The van der Waals surface area contributed by atoms with Gasteiger partial charge in [0, 0.05) is 19.2 Å². The minimum Gasteiger partial charge on any atom is -0.369 e. The smallest absolute Gasteiger partial charge is 0.318 e. The van der Waals surface area contributed by atoms with Crippen LogP contribution >= 0.6 is 0 Å². The van der Waals surface area contributed by atoms with Gasteiger partial charge in [0.25, 0.3) is 0 Å². The molecule has 0 aromatic carbocycles. The van der Waals surface area contributed by atoms with Crippen molar-refractivity contribution in [3.05, 3.63) is 36.4 Å². The number of aromatic nitrogens is 3. The minimum absolute atomic E-state index is 0.0527. The maximum Gasteiger partial charge on any atom is 0.318 e. The van der Waals surface area contributed by atoms with E-state index in [4.69, 9.17) is 5.73 Å². The molecule has 2 aromatic heterocycles. The molecule has 0 atom stereocenters. The summed E-state index contributed by atoms with van der Waals surface area (Å²) in [5.74, 6) is -0.137. The van der Waals surface area contributed by atoms with E-state index >= 15 is 0 Å². The molecule has 2 heterocycles. The lowest BCUT2D eigenvalue weighted by Crippen LogP contribution is -2.35. The fourth-order valence-electron chi connectivity index (χ4n) is 1.59. The van der Waals surface area contributed by atoms with Crippen LogP contribution in [0.2, 0.25) is 0 Å². The largest absolute Gasteiger partial charge is 0.369 e. The number of nitrogens with zero attached hydrogens (tertiary/aromatic N) is 3. The summed E-state index contributed by atoms with van der Waals surface area (Å²) in [6.07, 6.45) is 2.64. The molecule has 0 aliphatic heterocycles. The number of hydrogen-bond acceptors (Lipinski definition) is 6. The van der Waals surface area contributed by atoms with Crippen LogP contribution in [0.4, 0.5) is 15.0 Å². The van der Waals surface area contributed by atoms with E-state index in [9.17, 15) is 14.0 Å². The van der Waals surface area contributed by atoms with E-state index in [2.05, 4.69) is 20.3 Å². The highest BCUT2D eigenvalue weighted by atomic mass is 19.1. The molecule has 4 N–H and O–H groups in total. The first kappa shape index (κ1) is 15.3. The van der Waals surface area contributed by atoms with Crippen LogP contribution in [-0.2, 0) is 4.79 Å². The molecule has 0 spiro atoms. The zero-order chi connectivity index (χ0) is 15.9. The molecule has 0 saturated carbocycles. The van der Waals surface area contributed by atoms with Crippen molar-refractivity contribution in [2.75, 3.05) is 11.9 Å². The predicted molar refractivity (Wildman–Crippen MR) is 76.1 cm³/mol. The lowest BCUT2D eigenvalue weighted by Gasteiger charge is -2.06. The molecule has 9 heteroatoms. The van der Waals surface area contributed by atoms with Crippen LogP contribution in [0.15, 0.2) is 30.6 Å². The minimum atomic E-state index is -0.892. The van der Waals surface area contributed by atoms with Gasteiger partial charge in [-0.25, -0.2) is 24.1 Å². The van der Waals surface area contributed by atoms with E-state index in [1.165, 1.54) is 18.3 Å². The molecule has 8 nitrogen and oxygen atoms in total. The maximum absolute atomic E-state index is 12.8. The van der Waals surface area contributed by atoms with Crippen molar-refractivity contribution >= 4 is 17.8 Å². The van der Waals surface area contributed by atoms with Crippen LogP contribution < -0.4 is 16.4 Å². The quantitative estimate of drug-likeness (QED) is 0.746. The number of nitrogens with one attached hydrogen (secondary N) is 2. The highest BCUT2D eigenvalue weighted by molar-refractivity contribution is 5.93. The number of pyridine rings is 1. The number of halogens is 1. The monoisotopic (exact) mass is 304 g/mol. The van der Waals surface area contributed by atoms with Crippen LogP contribution in [0.1, 0.15) is 6.42 Å². The average Bonchev–Trinajstić information content (AvgIpc) is 2.47. The normalized spacial score (nSPS) is 10.0. The van der Waals surface area contributed by atoms with Crippen molar-refractivity contribution in [2.45, 2.75) is 6.42 Å². The number of carbonyl (C=O) groups excluding carboxylic acids is 2. The van der Waals surface area contributed by atoms with E-state index < -0.39 is 17.8 Å². The van der Waals surface area contributed by atoms with Crippen molar-refractivity contribution in [3.63, 3.8) is 0 Å². The maximum atomic E-state index is 12.8. The van der Waals surface area contributed by atoms with Gasteiger partial charge in [-0.15, -0.1) is 0 Å². The van der Waals surface area contributed by atoms with E-state index in [-0.39, 0.29) is 13.0 Å². The Bertz CT molecular complexity index is 676. The lowest BCUT2D eigenvalue weighted by atomic mass is 10.3. The predicted octanol–water partition coefficient (Wildman–Crippen LogP) is 0.675. The van der Waals surface area contributed by atoms with Gasteiger partial charge in [-0.1, -0.05) is 0 Å². The van der Waals surface area contributed by atoms with E-state index in [0.717, 1.165) is 6.20 Å². The number of primary amides is 1. The van der Waals surface area contributed by atoms with Gasteiger partial charge >= 0.3 is 6.03 Å². The second kappa shape index (κ2) is 7.07. The Kier molecular flexibility index (Phi) is 4.91. The number of amides is 3. The number of urea groups is 1. The second-order valence-corrected chi connectivity index (χ2v) is 4.22. The third kappa shape index (κ3) is 4.47. The molecular weight excluding hydrogens is 291 g/mol. The lowest BCUT2D eigenvalue weighted by molar-refractivity contribution is -0.119. The van der Waals surface area contributed by atoms with Gasteiger partial charge in [0.2, 0.25) is 5.91 Å². The highest BCUT2D eigenvalue weighted by Gasteiger charge is 2.06.